The van der Waals surface area contributed by atoms with Crippen LogP contribution in [-0.4, -0.2) is 17.4 Å². The molecule has 26 heavy (non-hydrogen) atoms. The highest BCUT2D eigenvalue weighted by molar-refractivity contribution is 5.94. The Kier molecular flexibility index (Phi) is 5.57. The molecule has 1 aromatic carbocycles. The molecule has 1 aliphatic rings. The minimum Gasteiger partial charge on any atom is -0.350 e. The Morgan fingerprint density at radius 3 is 2.50 bits per heavy atom. The van der Waals surface area contributed by atoms with Gasteiger partial charge in [0.05, 0.1) is 0 Å². The summed E-state index contributed by atoms with van der Waals surface area (Å²) in [6.45, 7) is 4.58. The summed E-state index contributed by atoms with van der Waals surface area (Å²) in [7, 11) is 0. The van der Waals surface area contributed by atoms with E-state index >= 15 is 0 Å². The lowest BCUT2D eigenvalue weighted by atomic mass is 9.95. The highest BCUT2D eigenvalue weighted by atomic mass is 16.2. The molecule has 1 amide bonds. The fourth-order valence-electron chi connectivity index (χ4n) is 3.39. The number of carbonyl (C=O) groups is 1. The number of aromatic nitrogens is 1. The molecule has 0 spiro atoms. The van der Waals surface area contributed by atoms with E-state index in [4.69, 9.17) is 5.73 Å². The zero-order valence-electron chi connectivity index (χ0n) is 15.5. The average Bonchev–Trinajstić information content (AvgIpc) is 2.65. The molecule has 0 bridgehead atoms. The van der Waals surface area contributed by atoms with Crippen molar-refractivity contribution in [1.29, 1.82) is 0 Å². The first-order valence-electron chi connectivity index (χ1n) is 9.34. The van der Waals surface area contributed by atoms with Crippen LogP contribution in [0.2, 0.25) is 0 Å². The molecule has 4 N–H and O–H groups in total. The van der Waals surface area contributed by atoms with Crippen LogP contribution in [-0.2, 0) is 12.8 Å². The minimum atomic E-state index is -0.367. The Morgan fingerprint density at radius 1 is 1.15 bits per heavy atom. The fraction of sp³-hybridized carbons (Fsp3) is 0.429. The SMILES string of the molecule is CC(C)c1ccc(C(N)CNC(=O)c2cc3c([nH]c2=O)CCCC3)cc1. The van der Waals surface area contributed by atoms with Crippen molar-refractivity contribution in [2.24, 2.45) is 5.73 Å². The molecule has 1 aliphatic carbocycles. The Hall–Kier alpha value is -2.40. The molecule has 0 saturated carbocycles. The second-order valence-corrected chi connectivity index (χ2v) is 7.36. The normalized spacial score (nSPS) is 14.8. The molecule has 1 atom stereocenters. The van der Waals surface area contributed by atoms with Crippen LogP contribution in [0, 0.1) is 0 Å². The van der Waals surface area contributed by atoms with Crippen LogP contribution in [0.3, 0.4) is 0 Å². The third-order valence-electron chi connectivity index (χ3n) is 5.10. The van der Waals surface area contributed by atoms with E-state index < -0.39 is 0 Å². The first kappa shape index (κ1) is 18.4. The second-order valence-electron chi connectivity index (χ2n) is 7.36. The van der Waals surface area contributed by atoms with Gasteiger partial charge < -0.3 is 16.0 Å². The standard InChI is InChI=1S/C21H27N3O2/c1-13(2)14-7-9-15(10-8-14)18(22)12-23-20(25)17-11-16-5-3-4-6-19(16)24-21(17)26/h7-11,13,18H,3-6,12,22H2,1-2H3,(H,23,25)(H,24,26). The quantitative estimate of drug-likeness (QED) is 0.772. The molecule has 1 unspecified atom stereocenters. The molecule has 2 aromatic rings. The zero-order chi connectivity index (χ0) is 18.7. The monoisotopic (exact) mass is 353 g/mol. The van der Waals surface area contributed by atoms with E-state index in [9.17, 15) is 9.59 Å². The fourth-order valence-corrected chi connectivity index (χ4v) is 3.39. The van der Waals surface area contributed by atoms with Crippen LogP contribution in [0.5, 0.6) is 0 Å². The summed E-state index contributed by atoms with van der Waals surface area (Å²) < 4.78 is 0. The number of carbonyl (C=O) groups excluding carboxylic acids is 1. The van der Waals surface area contributed by atoms with E-state index in [-0.39, 0.29) is 29.6 Å². The predicted molar refractivity (Wildman–Crippen MR) is 103 cm³/mol. The largest absolute Gasteiger partial charge is 0.350 e. The van der Waals surface area contributed by atoms with Crippen LogP contribution in [0.15, 0.2) is 35.1 Å². The van der Waals surface area contributed by atoms with Gasteiger partial charge in [-0.3, -0.25) is 9.59 Å². The summed E-state index contributed by atoms with van der Waals surface area (Å²) in [5.41, 5.74) is 10.3. The molecule has 138 valence electrons. The first-order chi connectivity index (χ1) is 12.5. The number of nitrogens with two attached hydrogens (primary N) is 1. The molecule has 1 aromatic heterocycles. The van der Waals surface area contributed by atoms with Crippen molar-refractivity contribution in [3.05, 3.63) is 68.6 Å². The number of aryl methyl sites for hydroxylation is 2. The van der Waals surface area contributed by atoms with Crippen molar-refractivity contribution in [1.82, 2.24) is 10.3 Å². The first-order valence-corrected chi connectivity index (χ1v) is 9.34. The van der Waals surface area contributed by atoms with Gasteiger partial charge in [0.15, 0.2) is 0 Å². The zero-order valence-corrected chi connectivity index (χ0v) is 15.5. The lowest BCUT2D eigenvalue weighted by Gasteiger charge is -2.17. The Bertz CT molecular complexity index is 837. The smallest absolute Gasteiger partial charge is 0.261 e. The van der Waals surface area contributed by atoms with Crippen molar-refractivity contribution in [3.8, 4) is 0 Å². The summed E-state index contributed by atoms with van der Waals surface area (Å²) >= 11 is 0. The van der Waals surface area contributed by atoms with Crippen molar-refractivity contribution in [2.75, 3.05) is 6.54 Å². The van der Waals surface area contributed by atoms with Gasteiger partial charge in [-0.15, -0.1) is 0 Å². The van der Waals surface area contributed by atoms with E-state index in [2.05, 4.69) is 36.3 Å². The number of nitrogens with one attached hydrogen (secondary N) is 2. The third kappa shape index (κ3) is 4.05. The maximum atomic E-state index is 12.4. The molecule has 0 fully saturated rings. The van der Waals surface area contributed by atoms with Crippen LogP contribution < -0.4 is 16.6 Å². The van der Waals surface area contributed by atoms with Crippen molar-refractivity contribution in [3.63, 3.8) is 0 Å². The van der Waals surface area contributed by atoms with Crippen LogP contribution in [0.4, 0.5) is 0 Å². The number of benzene rings is 1. The molecule has 5 heteroatoms. The van der Waals surface area contributed by atoms with Gasteiger partial charge in [0, 0.05) is 18.3 Å². The van der Waals surface area contributed by atoms with Crippen LogP contribution in [0.1, 0.15) is 71.4 Å². The van der Waals surface area contributed by atoms with Gasteiger partial charge in [-0.1, -0.05) is 38.1 Å². The number of H-pyrrole nitrogens is 1. The van der Waals surface area contributed by atoms with Gasteiger partial charge >= 0.3 is 0 Å². The van der Waals surface area contributed by atoms with Gasteiger partial charge in [-0.2, -0.15) is 0 Å². The van der Waals surface area contributed by atoms with E-state index in [1.165, 1.54) is 5.56 Å². The third-order valence-corrected chi connectivity index (χ3v) is 5.10. The van der Waals surface area contributed by atoms with Crippen LogP contribution in [0.25, 0.3) is 0 Å². The van der Waals surface area contributed by atoms with E-state index in [0.29, 0.717) is 5.92 Å². The lowest BCUT2D eigenvalue weighted by molar-refractivity contribution is 0.0949. The molecule has 0 saturated heterocycles. The van der Waals surface area contributed by atoms with Gasteiger partial charge in [0.2, 0.25) is 0 Å². The predicted octanol–water partition coefficient (Wildman–Crippen LogP) is 2.81. The Labute approximate surface area is 154 Å². The summed E-state index contributed by atoms with van der Waals surface area (Å²) in [5, 5.41) is 2.80. The molecule has 1 heterocycles. The maximum Gasteiger partial charge on any atom is 0.261 e. The molecule has 0 radical (unpaired) electrons. The number of aromatic amines is 1. The topological polar surface area (TPSA) is 88.0 Å². The van der Waals surface area contributed by atoms with Gasteiger partial charge in [0.1, 0.15) is 5.56 Å². The average molecular weight is 353 g/mol. The highest BCUT2D eigenvalue weighted by Gasteiger charge is 2.17. The van der Waals surface area contributed by atoms with Gasteiger partial charge in [0.25, 0.3) is 11.5 Å². The number of fused-ring (bicyclic) bond motifs is 1. The summed E-state index contributed by atoms with van der Waals surface area (Å²) in [5.74, 6) is 0.101. The molecular formula is C21H27N3O2. The van der Waals surface area contributed by atoms with E-state index in [0.717, 1.165) is 42.5 Å². The highest BCUT2D eigenvalue weighted by Crippen LogP contribution is 2.19. The Morgan fingerprint density at radius 2 is 1.81 bits per heavy atom. The number of hydrogen-bond acceptors (Lipinski definition) is 3. The number of pyridine rings is 1. The summed E-state index contributed by atoms with van der Waals surface area (Å²) in [4.78, 5) is 27.5. The van der Waals surface area contributed by atoms with E-state index in [1.54, 1.807) is 6.07 Å². The molecule has 5 nitrogen and oxygen atoms in total. The maximum absolute atomic E-state index is 12.4. The molecular weight excluding hydrogens is 326 g/mol. The Balaban J connectivity index is 1.66. The van der Waals surface area contributed by atoms with E-state index in [1.807, 2.05) is 12.1 Å². The lowest BCUT2D eigenvalue weighted by Crippen LogP contribution is -2.35. The van der Waals surface area contributed by atoms with Crippen molar-refractivity contribution < 1.29 is 4.79 Å². The summed E-state index contributed by atoms with van der Waals surface area (Å²) in [6.07, 6.45) is 3.97. The van der Waals surface area contributed by atoms with Gasteiger partial charge in [-0.25, -0.2) is 0 Å². The van der Waals surface area contributed by atoms with Crippen molar-refractivity contribution in [2.45, 2.75) is 51.5 Å². The minimum absolute atomic E-state index is 0.174. The van der Waals surface area contributed by atoms with Crippen molar-refractivity contribution >= 4 is 5.91 Å². The second kappa shape index (κ2) is 7.87. The number of amides is 1. The number of rotatable bonds is 5. The number of hydrogen-bond donors (Lipinski definition) is 3. The molecule has 0 aliphatic heterocycles. The van der Waals surface area contributed by atoms with Gasteiger partial charge in [-0.05, 0) is 54.4 Å². The van der Waals surface area contributed by atoms with Crippen LogP contribution >= 0.6 is 0 Å². The summed E-state index contributed by atoms with van der Waals surface area (Å²) in [6, 6.07) is 9.56. The molecule has 3 rings (SSSR count).